The second-order valence-electron chi connectivity index (χ2n) is 4.17. The molecule has 0 radical (unpaired) electrons. The fraction of sp³-hybridized carbons (Fsp3) is 0.231. The van der Waals surface area contributed by atoms with Gasteiger partial charge in [0.15, 0.2) is 0 Å². The van der Waals surface area contributed by atoms with Gasteiger partial charge in [0, 0.05) is 12.6 Å². The molecule has 2 aromatic rings. The van der Waals surface area contributed by atoms with Crippen molar-refractivity contribution in [1.82, 2.24) is 9.78 Å². The highest BCUT2D eigenvalue weighted by atomic mass is 16.3. The Kier molecular flexibility index (Phi) is 3.06. The first kappa shape index (κ1) is 12.2. The van der Waals surface area contributed by atoms with Crippen LogP contribution in [0.1, 0.15) is 21.7 Å². The number of nitrogens with zero attached hydrogens (tertiary/aromatic N) is 2. The Hall–Kier alpha value is -2.30. The van der Waals surface area contributed by atoms with E-state index in [0.29, 0.717) is 5.56 Å². The van der Waals surface area contributed by atoms with Crippen LogP contribution >= 0.6 is 0 Å². The van der Waals surface area contributed by atoms with Crippen molar-refractivity contribution < 1.29 is 9.90 Å². The maximum absolute atomic E-state index is 12.0. The van der Waals surface area contributed by atoms with Gasteiger partial charge in [-0.3, -0.25) is 9.48 Å². The Morgan fingerprint density at radius 3 is 2.39 bits per heavy atom. The molecule has 1 amide bonds. The van der Waals surface area contributed by atoms with Crippen LogP contribution in [0.2, 0.25) is 0 Å². The fourth-order valence-corrected chi connectivity index (χ4v) is 1.75. The van der Waals surface area contributed by atoms with E-state index in [1.807, 2.05) is 20.9 Å². The van der Waals surface area contributed by atoms with E-state index in [2.05, 4.69) is 10.4 Å². The Bertz CT molecular complexity index is 585. The normalized spacial score (nSPS) is 10.4. The van der Waals surface area contributed by atoms with Crippen molar-refractivity contribution in [2.24, 2.45) is 7.05 Å². The van der Waals surface area contributed by atoms with Gasteiger partial charge in [-0.1, -0.05) is 0 Å². The molecule has 0 aliphatic heterocycles. The average Bonchev–Trinajstić information content (AvgIpc) is 2.57. The number of hydrogen-bond acceptors (Lipinski definition) is 3. The molecular weight excluding hydrogens is 230 g/mol. The molecule has 0 bridgehead atoms. The molecule has 18 heavy (non-hydrogen) atoms. The van der Waals surface area contributed by atoms with E-state index in [1.165, 1.54) is 12.1 Å². The van der Waals surface area contributed by atoms with Crippen LogP contribution in [0.25, 0.3) is 0 Å². The molecule has 0 unspecified atom stereocenters. The van der Waals surface area contributed by atoms with E-state index in [0.717, 1.165) is 17.1 Å². The van der Waals surface area contributed by atoms with Crippen LogP contribution in [0, 0.1) is 13.8 Å². The Labute approximate surface area is 105 Å². The van der Waals surface area contributed by atoms with E-state index >= 15 is 0 Å². The summed E-state index contributed by atoms with van der Waals surface area (Å²) in [6.45, 7) is 3.74. The van der Waals surface area contributed by atoms with Gasteiger partial charge < -0.3 is 10.4 Å². The minimum Gasteiger partial charge on any atom is -0.508 e. The standard InChI is InChI=1S/C13H15N3O2/c1-8-12(9(2)16(3)15-8)14-13(18)10-4-6-11(17)7-5-10/h4-7,17H,1-3H3,(H,14,18). The molecule has 0 saturated carbocycles. The zero-order chi connectivity index (χ0) is 13.3. The fourth-order valence-electron chi connectivity index (χ4n) is 1.75. The maximum atomic E-state index is 12.0. The van der Waals surface area contributed by atoms with Crippen molar-refractivity contribution in [1.29, 1.82) is 0 Å². The SMILES string of the molecule is Cc1nn(C)c(C)c1NC(=O)c1ccc(O)cc1. The molecule has 0 aliphatic rings. The molecule has 0 spiro atoms. The maximum Gasteiger partial charge on any atom is 0.255 e. The summed E-state index contributed by atoms with van der Waals surface area (Å²) < 4.78 is 1.72. The number of phenols is 1. The molecule has 2 N–H and O–H groups in total. The highest BCUT2D eigenvalue weighted by Crippen LogP contribution is 2.19. The van der Waals surface area contributed by atoms with Crippen LogP contribution in [0.5, 0.6) is 5.75 Å². The summed E-state index contributed by atoms with van der Waals surface area (Å²) >= 11 is 0. The predicted molar refractivity (Wildman–Crippen MR) is 68.7 cm³/mol. The second kappa shape index (κ2) is 4.52. The van der Waals surface area contributed by atoms with Gasteiger partial charge in [0.25, 0.3) is 5.91 Å². The van der Waals surface area contributed by atoms with Gasteiger partial charge in [0.05, 0.1) is 17.1 Å². The van der Waals surface area contributed by atoms with Gasteiger partial charge in [-0.25, -0.2) is 0 Å². The first-order valence-corrected chi connectivity index (χ1v) is 5.59. The molecule has 5 heteroatoms. The molecule has 1 aromatic carbocycles. The topological polar surface area (TPSA) is 67.2 Å². The molecule has 94 valence electrons. The number of aromatic hydroxyl groups is 1. The lowest BCUT2D eigenvalue weighted by Gasteiger charge is -2.05. The number of rotatable bonds is 2. The molecule has 2 rings (SSSR count). The van der Waals surface area contributed by atoms with Gasteiger partial charge in [-0.05, 0) is 38.1 Å². The van der Waals surface area contributed by atoms with Crippen LogP contribution in [-0.4, -0.2) is 20.8 Å². The van der Waals surface area contributed by atoms with Crippen LogP contribution in [0.15, 0.2) is 24.3 Å². The molecule has 1 heterocycles. The number of carbonyl (C=O) groups is 1. The van der Waals surface area contributed by atoms with Crippen molar-refractivity contribution in [2.75, 3.05) is 5.32 Å². The van der Waals surface area contributed by atoms with Crippen LogP contribution in [0.4, 0.5) is 5.69 Å². The number of carbonyl (C=O) groups excluding carboxylic acids is 1. The van der Waals surface area contributed by atoms with Gasteiger partial charge in [0.2, 0.25) is 0 Å². The number of aromatic nitrogens is 2. The number of nitrogens with one attached hydrogen (secondary N) is 1. The van der Waals surface area contributed by atoms with E-state index in [9.17, 15) is 9.90 Å². The molecule has 0 saturated heterocycles. The summed E-state index contributed by atoms with van der Waals surface area (Å²) in [7, 11) is 1.83. The zero-order valence-corrected chi connectivity index (χ0v) is 10.6. The van der Waals surface area contributed by atoms with Crippen molar-refractivity contribution in [3.05, 3.63) is 41.2 Å². The minimum atomic E-state index is -0.214. The van der Waals surface area contributed by atoms with E-state index in [-0.39, 0.29) is 11.7 Å². The molecule has 5 nitrogen and oxygen atoms in total. The molecule has 1 aromatic heterocycles. The van der Waals surface area contributed by atoms with Crippen molar-refractivity contribution in [3.8, 4) is 5.75 Å². The third-order valence-electron chi connectivity index (χ3n) is 2.88. The van der Waals surface area contributed by atoms with Crippen molar-refractivity contribution in [2.45, 2.75) is 13.8 Å². The molecular formula is C13H15N3O2. The molecule has 0 fully saturated rings. The summed E-state index contributed by atoms with van der Waals surface area (Å²) in [4.78, 5) is 12.0. The lowest BCUT2D eigenvalue weighted by atomic mass is 10.2. The third kappa shape index (κ3) is 2.20. The lowest BCUT2D eigenvalue weighted by Crippen LogP contribution is -2.12. The Balaban J connectivity index is 2.24. The molecule has 0 aliphatic carbocycles. The quantitative estimate of drug-likeness (QED) is 0.850. The van der Waals surface area contributed by atoms with Crippen LogP contribution < -0.4 is 5.32 Å². The summed E-state index contributed by atoms with van der Waals surface area (Å²) in [5, 5.41) is 16.2. The van der Waals surface area contributed by atoms with Gasteiger partial charge in [-0.15, -0.1) is 0 Å². The number of anilines is 1. The number of amides is 1. The second-order valence-corrected chi connectivity index (χ2v) is 4.17. The zero-order valence-electron chi connectivity index (χ0n) is 10.6. The highest BCUT2D eigenvalue weighted by Gasteiger charge is 2.13. The monoisotopic (exact) mass is 245 g/mol. The first-order valence-electron chi connectivity index (χ1n) is 5.59. The number of hydrogen-bond donors (Lipinski definition) is 2. The lowest BCUT2D eigenvalue weighted by molar-refractivity contribution is 0.102. The minimum absolute atomic E-state index is 0.139. The largest absolute Gasteiger partial charge is 0.508 e. The predicted octanol–water partition coefficient (Wildman–Crippen LogP) is 1.99. The number of aryl methyl sites for hydroxylation is 2. The van der Waals surface area contributed by atoms with E-state index < -0.39 is 0 Å². The van der Waals surface area contributed by atoms with Crippen LogP contribution in [0.3, 0.4) is 0 Å². The third-order valence-corrected chi connectivity index (χ3v) is 2.88. The summed E-state index contributed by atoms with van der Waals surface area (Å²) in [5.74, 6) is -0.0745. The number of phenolic OH excluding ortho intramolecular Hbond substituents is 1. The van der Waals surface area contributed by atoms with E-state index in [1.54, 1.807) is 16.8 Å². The smallest absolute Gasteiger partial charge is 0.255 e. The average molecular weight is 245 g/mol. The van der Waals surface area contributed by atoms with Gasteiger partial charge in [0.1, 0.15) is 5.75 Å². The number of benzene rings is 1. The van der Waals surface area contributed by atoms with Crippen molar-refractivity contribution in [3.63, 3.8) is 0 Å². The summed E-state index contributed by atoms with van der Waals surface area (Å²) in [6, 6.07) is 6.12. The van der Waals surface area contributed by atoms with Gasteiger partial charge in [-0.2, -0.15) is 5.10 Å². The first-order chi connectivity index (χ1) is 8.49. The van der Waals surface area contributed by atoms with E-state index in [4.69, 9.17) is 0 Å². The molecule has 0 atom stereocenters. The Morgan fingerprint density at radius 2 is 1.89 bits per heavy atom. The summed E-state index contributed by atoms with van der Waals surface area (Å²) in [6.07, 6.45) is 0. The van der Waals surface area contributed by atoms with Gasteiger partial charge >= 0.3 is 0 Å². The van der Waals surface area contributed by atoms with Crippen molar-refractivity contribution >= 4 is 11.6 Å². The Morgan fingerprint density at radius 1 is 1.28 bits per heavy atom. The van der Waals surface area contributed by atoms with Crippen LogP contribution in [-0.2, 0) is 7.05 Å². The summed E-state index contributed by atoms with van der Waals surface area (Å²) in [5.41, 5.74) is 2.91. The highest BCUT2D eigenvalue weighted by molar-refractivity contribution is 6.04.